The third-order valence-electron chi connectivity index (χ3n) is 2.83. The fraction of sp³-hybridized carbons (Fsp3) is 0.0625. The minimum absolute atomic E-state index is 0.0305. The van der Waals surface area contributed by atoms with Crippen molar-refractivity contribution < 1.29 is 9.72 Å². The highest BCUT2D eigenvalue weighted by molar-refractivity contribution is 6.02. The first kappa shape index (κ1) is 14.5. The number of nitrogens with zero attached hydrogens (tertiary/aromatic N) is 1. The molecule has 0 aliphatic rings. The quantitative estimate of drug-likeness (QED) is 0.529. The number of carbonyl (C=O) groups is 1. The molecule has 106 valence electrons. The van der Waals surface area contributed by atoms with Gasteiger partial charge < -0.3 is 5.32 Å². The average molecular weight is 282 g/mol. The number of para-hydroxylation sites is 1. The van der Waals surface area contributed by atoms with E-state index in [1.807, 2.05) is 25.1 Å². The first-order chi connectivity index (χ1) is 10.1. The highest BCUT2D eigenvalue weighted by Crippen LogP contribution is 2.19. The molecule has 5 nitrogen and oxygen atoms in total. The lowest BCUT2D eigenvalue weighted by molar-refractivity contribution is -0.385. The zero-order valence-corrected chi connectivity index (χ0v) is 11.4. The Morgan fingerprint density at radius 2 is 1.95 bits per heavy atom. The molecule has 0 bridgehead atoms. The Morgan fingerprint density at radius 1 is 1.19 bits per heavy atom. The molecule has 0 aliphatic carbocycles. The van der Waals surface area contributed by atoms with E-state index in [0.717, 1.165) is 5.56 Å². The van der Waals surface area contributed by atoms with Crippen LogP contribution < -0.4 is 5.32 Å². The third kappa shape index (κ3) is 4.01. The van der Waals surface area contributed by atoms with E-state index in [2.05, 4.69) is 5.32 Å². The van der Waals surface area contributed by atoms with Crippen LogP contribution in [0.15, 0.2) is 54.6 Å². The van der Waals surface area contributed by atoms with Gasteiger partial charge in [0.15, 0.2) is 0 Å². The molecule has 0 unspecified atom stereocenters. The lowest BCUT2D eigenvalue weighted by Crippen LogP contribution is -2.07. The largest absolute Gasteiger partial charge is 0.323 e. The van der Waals surface area contributed by atoms with Gasteiger partial charge in [-0.1, -0.05) is 24.3 Å². The number of rotatable bonds is 4. The Kier molecular flexibility index (Phi) is 4.46. The number of aryl methyl sites for hydroxylation is 1. The summed E-state index contributed by atoms with van der Waals surface area (Å²) in [7, 11) is 0. The number of hydrogen-bond donors (Lipinski definition) is 1. The van der Waals surface area contributed by atoms with Gasteiger partial charge >= 0.3 is 0 Å². The van der Waals surface area contributed by atoms with Crippen LogP contribution in [0.5, 0.6) is 0 Å². The van der Waals surface area contributed by atoms with Gasteiger partial charge in [-0.05, 0) is 36.8 Å². The first-order valence-electron chi connectivity index (χ1n) is 6.35. The van der Waals surface area contributed by atoms with E-state index < -0.39 is 4.92 Å². The molecule has 0 aromatic heterocycles. The van der Waals surface area contributed by atoms with Crippen LogP contribution in [0.3, 0.4) is 0 Å². The predicted molar refractivity (Wildman–Crippen MR) is 81.9 cm³/mol. The fourth-order valence-electron chi connectivity index (χ4n) is 1.87. The Bertz CT molecular complexity index is 708. The van der Waals surface area contributed by atoms with E-state index in [0.29, 0.717) is 11.3 Å². The zero-order chi connectivity index (χ0) is 15.2. The van der Waals surface area contributed by atoms with Crippen LogP contribution in [-0.4, -0.2) is 10.8 Å². The summed E-state index contributed by atoms with van der Waals surface area (Å²) in [6.45, 7) is 1.93. The number of nitro benzene ring substituents is 1. The Hall–Kier alpha value is -2.95. The van der Waals surface area contributed by atoms with Gasteiger partial charge in [-0.2, -0.15) is 0 Å². The second-order valence-electron chi connectivity index (χ2n) is 4.51. The van der Waals surface area contributed by atoms with Crippen LogP contribution in [0, 0.1) is 17.0 Å². The number of nitro groups is 1. The second-order valence-corrected chi connectivity index (χ2v) is 4.51. The SMILES string of the molecule is Cc1cccc(NC(=O)/C=C/c2ccccc2[N+](=O)[O-])c1. The van der Waals surface area contributed by atoms with Gasteiger partial charge in [-0.15, -0.1) is 0 Å². The molecule has 1 N–H and O–H groups in total. The molecule has 2 rings (SSSR count). The van der Waals surface area contributed by atoms with Crippen LogP contribution >= 0.6 is 0 Å². The molecular formula is C16H14N2O3. The van der Waals surface area contributed by atoms with Gasteiger partial charge in [-0.25, -0.2) is 0 Å². The lowest BCUT2D eigenvalue weighted by Gasteiger charge is -2.02. The molecule has 5 heteroatoms. The van der Waals surface area contributed by atoms with Crippen molar-refractivity contribution in [3.8, 4) is 0 Å². The number of benzene rings is 2. The van der Waals surface area contributed by atoms with Crippen LogP contribution in [-0.2, 0) is 4.79 Å². The molecule has 0 heterocycles. The molecule has 2 aromatic carbocycles. The maximum absolute atomic E-state index is 11.8. The number of anilines is 1. The van der Waals surface area contributed by atoms with Crippen LogP contribution in [0.25, 0.3) is 6.08 Å². The third-order valence-corrected chi connectivity index (χ3v) is 2.83. The lowest BCUT2D eigenvalue weighted by atomic mass is 10.1. The van der Waals surface area contributed by atoms with Crippen LogP contribution in [0.4, 0.5) is 11.4 Å². The molecule has 0 spiro atoms. The van der Waals surface area contributed by atoms with E-state index in [9.17, 15) is 14.9 Å². The number of nitrogens with one attached hydrogen (secondary N) is 1. The zero-order valence-electron chi connectivity index (χ0n) is 11.4. The van der Waals surface area contributed by atoms with Crippen molar-refractivity contribution in [2.24, 2.45) is 0 Å². The Labute approximate surface area is 122 Å². The van der Waals surface area contributed by atoms with Gasteiger partial charge in [0, 0.05) is 17.8 Å². The smallest absolute Gasteiger partial charge is 0.276 e. The van der Waals surface area contributed by atoms with Crippen molar-refractivity contribution in [2.75, 3.05) is 5.32 Å². The van der Waals surface area contributed by atoms with Gasteiger partial charge in [-0.3, -0.25) is 14.9 Å². The Morgan fingerprint density at radius 3 is 2.67 bits per heavy atom. The van der Waals surface area contributed by atoms with Gasteiger partial charge in [0.2, 0.25) is 5.91 Å². The summed E-state index contributed by atoms with van der Waals surface area (Å²) in [6, 6.07) is 13.7. The van der Waals surface area contributed by atoms with Crippen molar-refractivity contribution in [1.29, 1.82) is 0 Å². The molecule has 2 aromatic rings. The van der Waals surface area contributed by atoms with Crippen LogP contribution in [0.1, 0.15) is 11.1 Å². The van der Waals surface area contributed by atoms with Crippen LogP contribution in [0.2, 0.25) is 0 Å². The standard InChI is InChI=1S/C16H14N2O3/c1-12-5-4-7-14(11-12)17-16(19)10-9-13-6-2-3-8-15(13)18(20)21/h2-11H,1H3,(H,17,19)/b10-9+. The Balaban J connectivity index is 2.11. The summed E-state index contributed by atoms with van der Waals surface area (Å²) in [5.74, 6) is -0.334. The molecule has 0 aliphatic heterocycles. The summed E-state index contributed by atoms with van der Waals surface area (Å²) in [4.78, 5) is 22.2. The van der Waals surface area contributed by atoms with E-state index in [1.165, 1.54) is 18.2 Å². The van der Waals surface area contributed by atoms with E-state index in [1.54, 1.807) is 24.3 Å². The minimum Gasteiger partial charge on any atom is -0.323 e. The monoisotopic (exact) mass is 282 g/mol. The summed E-state index contributed by atoms with van der Waals surface area (Å²) >= 11 is 0. The van der Waals surface area contributed by atoms with Gasteiger partial charge in [0.25, 0.3) is 5.69 Å². The molecule has 0 fully saturated rings. The van der Waals surface area contributed by atoms with E-state index >= 15 is 0 Å². The normalized spacial score (nSPS) is 10.5. The average Bonchev–Trinajstić information content (AvgIpc) is 2.45. The van der Waals surface area contributed by atoms with Gasteiger partial charge in [0.1, 0.15) is 0 Å². The van der Waals surface area contributed by atoms with Crippen molar-refractivity contribution >= 4 is 23.4 Å². The topological polar surface area (TPSA) is 72.2 Å². The number of amides is 1. The summed E-state index contributed by atoms with van der Waals surface area (Å²) in [6.07, 6.45) is 2.72. The van der Waals surface area contributed by atoms with E-state index in [4.69, 9.17) is 0 Å². The summed E-state index contributed by atoms with van der Waals surface area (Å²) < 4.78 is 0. The summed E-state index contributed by atoms with van der Waals surface area (Å²) in [5.41, 5.74) is 2.08. The minimum atomic E-state index is -0.474. The van der Waals surface area contributed by atoms with Gasteiger partial charge in [0.05, 0.1) is 10.5 Å². The van der Waals surface area contributed by atoms with Crippen molar-refractivity contribution in [1.82, 2.24) is 0 Å². The highest BCUT2D eigenvalue weighted by Gasteiger charge is 2.09. The molecule has 0 saturated carbocycles. The van der Waals surface area contributed by atoms with Crippen molar-refractivity contribution in [3.63, 3.8) is 0 Å². The molecule has 0 radical (unpaired) electrons. The predicted octanol–water partition coefficient (Wildman–Crippen LogP) is 3.56. The maximum atomic E-state index is 11.8. The molecular weight excluding hydrogens is 268 g/mol. The maximum Gasteiger partial charge on any atom is 0.276 e. The number of hydrogen-bond acceptors (Lipinski definition) is 3. The molecule has 21 heavy (non-hydrogen) atoms. The second kappa shape index (κ2) is 6.47. The highest BCUT2D eigenvalue weighted by atomic mass is 16.6. The fourth-order valence-corrected chi connectivity index (χ4v) is 1.87. The van der Waals surface area contributed by atoms with E-state index in [-0.39, 0.29) is 11.6 Å². The van der Waals surface area contributed by atoms with Crippen molar-refractivity contribution in [2.45, 2.75) is 6.92 Å². The molecule has 1 amide bonds. The molecule has 0 saturated heterocycles. The van der Waals surface area contributed by atoms with Crippen molar-refractivity contribution in [3.05, 3.63) is 75.8 Å². The summed E-state index contributed by atoms with van der Waals surface area (Å²) in [5, 5.41) is 13.6. The molecule has 0 atom stereocenters. The number of carbonyl (C=O) groups excluding carboxylic acids is 1. The first-order valence-corrected chi connectivity index (χ1v) is 6.35.